The van der Waals surface area contributed by atoms with Crippen molar-refractivity contribution < 1.29 is 0 Å². The third-order valence-corrected chi connectivity index (χ3v) is 6.00. The molecule has 2 aromatic rings. The number of benzene rings is 2. The minimum atomic E-state index is 0.522. The van der Waals surface area contributed by atoms with E-state index in [1.807, 2.05) is 13.8 Å². The van der Waals surface area contributed by atoms with Crippen LogP contribution < -0.4 is 10.6 Å². The van der Waals surface area contributed by atoms with Gasteiger partial charge in [-0.05, 0) is 59.1 Å². The van der Waals surface area contributed by atoms with Crippen LogP contribution in [0.5, 0.6) is 0 Å². The first kappa shape index (κ1) is 18.1. The fraction of sp³-hybridized carbons (Fsp3) is 0.333. The predicted molar refractivity (Wildman–Crippen MR) is 118 cm³/mol. The first-order valence-electron chi connectivity index (χ1n) is 10.3. The van der Waals surface area contributed by atoms with Crippen LogP contribution in [-0.4, -0.2) is 12.7 Å². The van der Waals surface area contributed by atoms with E-state index in [0.717, 1.165) is 25.8 Å². The molecule has 5 rings (SSSR count). The number of hydrogen-bond acceptors (Lipinski definition) is 2. The second-order valence-corrected chi connectivity index (χ2v) is 7.71. The molecule has 0 saturated heterocycles. The van der Waals surface area contributed by atoms with Crippen LogP contribution in [0.1, 0.15) is 54.2 Å². The molecular weight excluding hydrogens is 327 g/mol. The molecule has 0 saturated carbocycles. The van der Waals surface area contributed by atoms with Gasteiger partial charge in [-0.25, -0.2) is 0 Å². The van der Waals surface area contributed by atoms with Crippen LogP contribution in [0.2, 0.25) is 0 Å². The Balaban J connectivity index is 0.000000872. The van der Waals surface area contributed by atoms with Gasteiger partial charge in [-0.15, -0.1) is 0 Å². The summed E-state index contributed by atoms with van der Waals surface area (Å²) in [6.07, 6.45) is 2.22. The minimum Gasteiger partial charge on any atom is -0.389 e. The SMILES string of the molecule is C=C(C)c1cccc2c1CB1C=C(c3ccc4c(c3)CNC4)NC1C2.CC. The number of allylic oxidation sites excluding steroid dienone is 1. The van der Waals surface area contributed by atoms with Crippen LogP contribution in [0.4, 0.5) is 0 Å². The molecule has 0 amide bonds. The summed E-state index contributed by atoms with van der Waals surface area (Å²) in [6, 6.07) is 13.6. The van der Waals surface area contributed by atoms with E-state index in [2.05, 4.69) is 66.5 Å². The fourth-order valence-corrected chi connectivity index (χ4v) is 4.67. The van der Waals surface area contributed by atoms with Gasteiger partial charge in [0, 0.05) is 24.7 Å². The van der Waals surface area contributed by atoms with E-state index in [4.69, 9.17) is 0 Å². The smallest absolute Gasteiger partial charge is 0.199 e. The molecule has 0 bridgehead atoms. The summed E-state index contributed by atoms with van der Waals surface area (Å²) < 4.78 is 0. The second-order valence-electron chi connectivity index (χ2n) is 7.71. The molecule has 27 heavy (non-hydrogen) atoms. The Hall–Kier alpha value is -2.26. The molecule has 0 radical (unpaired) electrons. The van der Waals surface area contributed by atoms with Gasteiger partial charge in [0.15, 0.2) is 6.71 Å². The van der Waals surface area contributed by atoms with E-state index in [9.17, 15) is 0 Å². The van der Waals surface area contributed by atoms with Crippen molar-refractivity contribution >= 4 is 18.0 Å². The van der Waals surface area contributed by atoms with Crippen LogP contribution in [-0.2, 0) is 25.8 Å². The Morgan fingerprint density at radius 3 is 2.70 bits per heavy atom. The lowest BCUT2D eigenvalue weighted by molar-refractivity contribution is 0.748. The zero-order valence-electron chi connectivity index (χ0n) is 16.7. The maximum absolute atomic E-state index is 4.18. The van der Waals surface area contributed by atoms with Gasteiger partial charge < -0.3 is 10.6 Å². The van der Waals surface area contributed by atoms with Crippen molar-refractivity contribution in [3.05, 3.63) is 82.3 Å². The highest BCUT2D eigenvalue weighted by Crippen LogP contribution is 2.33. The molecule has 2 nitrogen and oxygen atoms in total. The average molecular weight is 356 g/mol. The fourth-order valence-electron chi connectivity index (χ4n) is 4.67. The molecule has 2 N–H and O–H groups in total. The van der Waals surface area contributed by atoms with Gasteiger partial charge in [0.05, 0.1) is 0 Å². The molecule has 0 aromatic heterocycles. The number of fused-ring (bicyclic) bond motifs is 3. The van der Waals surface area contributed by atoms with Crippen LogP contribution in [0.25, 0.3) is 11.3 Å². The van der Waals surface area contributed by atoms with Crippen molar-refractivity contribution in [3.63, 3.8) is 0 Å². The lowest BCUT2D eigenvalue weighted by Crippen LogP contribution is -2.42. The lowest BCUT2D eigenvalue weighted by atomic mass is 9.39. The molecule has 3 aliphatic rings. The summed E-state index contributed by atoms with van der Waals surface area (Å²) >= 11 is 0. The third kappa shape index (κ3) is 3.25. The minimum absolute atomic E-state index is 0.522. The monoisotopic (exact) mass is 356 g/mol. The van der Waals surface area contributed by atoms with Gasteiger partial charge in [-0.3, -0.25) is 0 Å². The van der Waals surface area contributed by atoms with Crippen LogP contribution in [0, 0.1) is 0 Å². The summed E-state index contributed by atoms with van der Waals surface area (Å²) in [4.78, 5) is 0. The van der Waals surface area contributed by atoms with E-state index in [-0.39, 0.29) is 0 Å². The third-order valence-electron chi connectivity index (χ3n) is 6.00. The summed E-state index contributed by atoms with van der Waals surface area (Å²) in [6.45, 7) is 12.9. The molecule has 0 fully saturated rings. The molecule has 1 atom stereocenters. The van der Waals surface area contributed by atoms with Crippen molar-refractivity contribution in [1.82, 2.24) is 10.6 Å². The molecule has 0 aliphatic carbocycles. The summed E-state index contributed by atoms with van der Waals surface area (Å²) in [5, 5.41) is 7.24. The Bertz CT molecular complexity index is 913. The van der Waals surface area contributed by atoms with Gasteiger partial charge in [0.2, 0.25) is 0 Å². The first-order chi connectivity index (χ1) is 13.2. The highest BCUT2D eigenvalue weighted by Gasteiger charge is 2.36. The van der Waals surface area contributed by atoms with Crippen molar-refractivity contribution in [3.8, 4) is 0 Å². The number of rotatable bonds is 2. The van der Waals surface area contributed by atoms with Gasteiger partial charge in [0.25, 0.3) is 0 Å². The predicted octanol–water partition coefficient (Wildman–Crippen LogP) is 4.57. The number of hydrogen-bond donors (Lipinski definition) is 2. The van der Waals surface area contributed by atoms with E-state index in [1.165, 1.54) is 44.7 Å². The maximum atomic E-state index is 4.18. The molecule has 0 spiro atoms. The molecule has 3 heteroatoms. The quantitative estimate of drug-likeness (QED) is 0.770. The molecular formula is C24H29BN2. The number of nitrogens with one attached hydrogen (secondary N) is 2. The zero-order chi connectivity index (χ0) is 19.0. The Kier molecular flexibility index (Phi) is 4.97. The lowest BCUT2D eigenvalue weighted by Gasteiger charge is -2.28. The zero-order valence-corrected chi connectivity index (χ0v) is 16.7. The highest BCUT2D eigenvalue weighted by molar-refractivity contribution is 6.68. The topological polar surface area (TPSA) is 24.1 Å². The van der Waals surface area contributed by atoms with Crippen LogP contribution in [0.3, 0.4) is 0 Å². The summed E-state index contributed by atoms with van der Waals surface area (Å²) in [5.74, 6) is 2.99. The van der Waals surface area contributed by atoms with Gasteiger partial charge in [-0.2, -0.15) is 0 Å². The van der Waals surface area contributed by atoms with E-state index >= 15 is 0 Å². The molecule has 2 aromatic carbocycles. The highest BCUT2D eigenvalue weighted by atomic mass is 14.9. The van der Waals surface area contributed by atoms with Crippen molar-refractivity contribution in [2.75, 3.05) is 0 Å². The van der Waals surface area contributed by atoms with Crippen molar-refractivity contribution in [2.24, 2.45) is 0 Å². The van der Waals surface area contributed by atoms with E-state index in [1.54, 1.807) is 0 Å². The second kappa shape index (κ2) is 7.40. The Morgan fingerprint density at radius 2 is 1.89 bits per heavy atom. The Morgan fingerprint density at radius 1 is 1.07 bits per heavy atom. The maximum Gasteiger partial charge on any atom is 0.199 e. The largest absolute Gasteiger partial charge is 0.389 e. The van der Waals surface area contributed by atoms with Crippen LogP contribution >= 0.6 is 0 Å². The van der Waals surface area contributed by atoms with Crippen molar-refractivity contribution in [1.29, 1.82) is 0 Å². The molecule has 3 heterocycles. The molecule has 3 aliphatic heterocycles. The van der Waals surface area contributed by atoms with Crippen molar-refractivity contribution in [2.45, 2.75) is 52.5 Å². The van der Waals surface area contributed by atoms with Gasteiger partial charge >= 0.3 is 0 Å². The first-order valence-corrected chi connectivity index (χ1v) is 10.3. The normalized spacial score (nSPS) is 19.1. The average Bonchev–Trinajstić information content (AvgIpc) is 3.32. The van der Waals surface area contributed by atoms with Crippen LogP contribution in [0.15, 0.2) is 49.0 Å². The summed E-state index contributed by atoms with van der Waals surface area (Å²) in [7, 11) is 0. The van der Waals surface area contributed by atoms with E-state index < -0.39 is 0 Å². The van der Waals surface area contributed by atoms with Gasteiger partial charge in [0.1, 0.15) is 0 Å². The standard InChI is InChI=1S/C22H23BN2.C2H6/c1-14(2)19-5-3-4-15-9-22-23(10-20(15)19)11-21(25-22)16-6-7-17-12-24-13-18(17)8-16;1-2/h3-8,11,22,24-25H,1,9-10,12-13H2,2H3;1-2H3. The molecule has 138 valence electrons. The Labute approximate surface area is 163 Å². The molecule has 1 unspecified atom stereocenters. The summed E-state index contributed by atoms with van der Waals surface area (Å²) in [5.41, 5.74) is 11.1. The van der Waals surface area contributed by atoms with E-state index in [0.29, 0.717) is 12.7 Å². The van der Waals surface area contributed by atoms with Gasteiger partial charge in [-0.1, -0.05) is 62.3 Å².